The molecule has 1 heterocycles. The number of likely N-dealkylation sites (tertiary alicyclic amines) is 1. The highest BCUT2D eigenvalue weighted by atomic mass is 16.1. The Labute approximate surface area is 112 Å². The lowest BCUT2D eigenvalue weighted by Gasteiger charge is -2.36. The Bertz CT molecular complexity index is 272. The molecule has 1 aliphatic heterocycles. The fourth-order valence-electron chi connectivity index (χ4n) is 3.37. The summed E-state index contributed by atoms with van der Waals surface area (Å²) in [5.74, 6) is 0.882. The van der Waals surface area contributed by atoms with E-state index in [4.69, 9.17) is 0 Å². The van der Waals surface area contributed by atoms with Gasteiger partial charge in [-0.1, -0.05) is 19.3 Å². The second kappa shape index (κ2) is 6.67. The predicted molar refractivity (Wildman–Crippen MR) is 74.7 cm³/mol. The van der Waals surface area contributed by atoms with Gasteiger partial charge < -0.3 is 4.90 Å². The summed E-state index contributed by atoms with van der Waals surface area (Å²) < 4.78 is 0. The molecule has 3 nitrogen and oxygen atoms in total. The molecule has 2 rings (SSSR count). The number of carbonyl (C=O) groups excluding carboxylic acids is 1. The molecule has 1 saturated heterocycles. The molecule has 0 spiro atoms. The van der Waals surface area contributed by atoms with Crippen LogP contribution < -0.4 is 0 Å². The van der Waals surface area contributed by atoms with Crippen LogP contribution in [0.1, 0.15) is 44.9 Å². The smallest absolute Gasteiger partial charge is 0.149 e. The van der Waals surface area contributed by atoms with Crippen LogP contribution in [0, 0.1) is 5.92 Å². The molecule has 1 unspecified atom stereocenters. The average molecular weight is 252 g/mol. The Balaban J connectivity index is 1.79. The van der Waals surface area contributed by atoms with Gasteiger partial charge in [-0.2, -0.15) is 0 Å². The van der Waals surface area contributed by atoms with Gasteiger partial charge in [-0.25, -0.2) is 0 Å². The van der Waals surface area contributed by atoms with Crippen LogP contribution in [0.25, 0.3) is 0 Å². The van der Waals surface area contributed by atoms with Crippen molar-refractivity contribution in [1.82, 2.24) is 9.80 Å². The summed E-state index contributed by atoms with van der Waals surface area (Å²) in [6, 6.07) is 0.637. The molecule has 0 aromatic carbocycles. The molecule has 0 radical (unpaired) electrons. The van der Waals surface area contributed by atoms with Crippen molar-refractivity contribution >= 4 is 5.78 Å². The largest absolute Gasteiger partial charge is 0.305 e. The lowest BCUT2D eigenvalue weighted by molar-refractivity contribution is -0.125. The zero-order valence-corrected chi connectivity index (χ0v) is 12.0. The van der Waals surface area contributed by atoms with E-state index >= 15 is 0 Å². The van der Waals surface area contributed by atoms with Crippen molar-refractivity contribution in [2.24, 2.45) is 5.92 Å². The van der Waals surface area contributed by atoms with E-state index in [1.165, 1.54) is 32.1 Å². The fraction of sp³-hybridized carbons (Fsp3) is 0.933. The molecule has 1 saturated carbocycles. The number of hydrogen-bond acceptors (Lipinski definition) is 3. The Hall–Kier alpha value is -0.410. The van der Waals surface area contributed by atoms with Gasteiger partial charge in [0.15, 0.2) is 0 Å². The molecular weight excluding hydrogens is 224 g/mol. The van der Waals surface area contributed by atoms with Gasteiger partial charge in [0.2, 0.25) is 0 Å². The third-order valence-corrected chi connectivity index (χ3v) is 4.65. The van der Waals surface area contributed by atoms with Crippen LogP contribution in [0.3, 0.4) is 0 Å². The summed E-state index contributed by atoms with van der Waals surface area (Å²) in [5.41, 5.74) is 0. The zero-order valence-electron chi connectivity index (χ0n) is 12.0. The number of carbonyl (C=O) groups is 1. The normalized spacial score (nSPS) is 27.6. The first kappa shape index (κ1) is 14.0. The van der Waals surface area contributed by atoms with E-state index in [-0.39, 0.29) is 0 Å². The minimum atomic E-state index is 0.374. The van der Waals surface area contributed by atoms with Crippen LogP contribution in [0.2, 0.25) is 0 Å². The summed E-state index contributed by atoms with van der Waals surface area (Å²) >= 11 is 0. The highest BCUT2D eigenvalue weighted by molar-refractivity contribution is 5.83. The Morgan fingerprint density at radius 1 is 1.11 bits per heavy atom. The Morgan fingerprint density at radius 2 is 1.83 bits per heavy atom. The topological polar surface area (TPSA) is 23.6 Å². The summed E-state index contributed by atoms with van der Waals surface area (Å²) in [6.45, 7) is 2.89. The van der Waals surface area contributed by atoms with Crippen molar-refractivity contribution in [2.45, 2.75) is 51.0 Å². The van der Waals surface area contributed by atoms with E-state index in [9.17, 15) is 4.79 Å². The van der Waals surface area contributed by atoms with E-state index in [0.29, 0.717) is 24.3 Å². The lowest BCUT2D eigenvalue weighted by atomic mass is 9.86. The minimum Gasteiger partial charge on any atom is -0.305 e. The molecule has 3 heteroatoms. The van der Waals surface area contributed by atoms with Gasteiger partial charge in [0, 0.05) is 18.5 Å². The standard InChI is InChI=1S/C15H28N2O/c1-16(2)14-9-6-10-17(11-14)12-15(18)13-7-4-3-5-8-13/h13-14H,3-12H2,1-2H3. The first-order valence-electron chi connectivity index (χ1n) is 7.58. The van der Waals surface area contributed by atoms with Crippen LogP contribution in [-0.4, -0.2) is 55.4 Å². The molecular formula is C15H28N2O. The van der Waals surface area contributed by atoms with Crippen molar-refractivity contribution < 1.29 is 4.79 Å². The second-order valence-electron chi connectivity index (χ2n) is 6.30. The molecule has 0 bridgehead atoms. The average Bonchev–Trinajstić information content (AvgIpc) is 2.40. The van der Waals surface area contributed by atoms with Crippen LogP contribution in [0.5, 0.6) is 0 Å². The van der Waals surface area contributed by atoms with E-state index < -0.39 is 0 Å². The molecule has 18 heavy (non-hydrogen) atoms. The molecule has 0 aromatic rings. The van der Waals surface area contributed by atoms with Gasteiger partial charge in [-0.15, -0.1) is 0 Å². The van der Waals surface area contributed by atoms with Gasteiger partial charge in [0.25, 0.3) is 0 Å². The number of ketones is 1. The summed E-state index contributed by atoms with van der Waals surface area (Å²) in [4.78, 5) is 17.0. The first-order valence-corrected chi connectivity index (χ1v) is 7.58. The van der Waals surface area contributed by atoms with Crippen molar-refractivity contribution in [3.05, 3.63) is 0 Å². The molecule has 1 atom stereocenters. The second-order valence-corrected chi connectivity index (χ2v) is 6.30. The molecule has 2 fully saturated rings. The minimum absolute atomic E-state index is 0.374. The van der Waals surface area contributed by atoms with Crippen molar-refractivity contribution in [2.75, 3.05) is 33.7 Å². The van der Waals surface area contributed by atoms with Crippen molar-refractivity contribution in [3.63, 3.8) is 0 Å². The van der Waals surface area contributed by atoms with E-state index in [0.717, 1.165) is 25.9 Å². The predicted octanol–water partition coefficient (Wildman–Crippen LogP) is 2.16. The number of piperidine rings is 1. The quantitative estimate of drug-likeness (QED) is 0.766. The molecule has 2 aliphatic rings. The van der Waals surface area contributed by atoms with Crippen LogP contribution >= 0.6 is 0 Å². The van der Waals surface area contributed by atoms with E-state index in [1.807, 2.05) is 0 Å². The van der Waals surface area contributed by atoms with E-state index in [2.05, 4.69) is 23.9 Å². The monoisotopic (exact) mass is 252 g/mol. The van der Waals surface area contributed by atoms with Crippen LogP contribution in [-0.2, 0) is 4.79 Å². The molecule has 104 valence electrons. The van der Waals surface area contributed by atoms with Gasteiger partial charge in [0.1, 0.15) is 5.78 Å². The summed E-state index contributed by atoms with van der Waals surface area (Å²) in [6.07, 6.45) is 8.65. The molecule has 0 N–H and O–H groups in total. The lowest BCUT2D eigenvalue weighted by Crippen LogP contribution is -2.47. The Kier molecular flexibility index (Phi) is 5.19. The van der Waals surface area contributed by atoms with Crippen LogP contribution in [0.15, 0.2) is 0 Å². The van der Waals surface area contributed by atoms with Gasteiger partial charge in [-0.05, 0) is 46.3 Å². The highest BCUT2D eigenvalue weighted by Crippen LogP contribution is 2.25. The maximum atomic E-state index is 12.3. The van der Waals surface area contributed by atoms with E-state index in [1.54, 1.807) is 0 Å². The van der Waals surface area contributed by atoms with Gasteiger partial charge >= 0.3 is 0 Å². The van der Waals surface area contributed by atoms with Crippen molar-refractivity contribution in [1.29, 1.82) is 0 Å². The number of rotatable bonds is 4. The first-order chi connectivity index (χ1) is 8.66. The number of nitrogens with zero attached hydrogens (tertiary/aromatic N) is 2. The summed E-state index contributed by atoms with van der Waals surface area (Å²) in [5, 5.41) is 0. The Morgan fingerprint density at radius 3 is 2.50 bits per heavy atom. The number of Topliss-reactive ketones (excluding diaryl/α,β-unsaturated/α-hetero) is 1. The third kappa shape index (κ3) is 3.79. The van der Waals surface area contributed by atoms with Gasteiger partial charge in [0.05, 0.1) is 6.54 Å². The van der Waals surface area contributed by atoms with Gasteiger partial charge in [-0.3, -0.25) is 9.69 Å². The zero-order chi connectivity index (χ0) is 13.0. The third-order valence-electron chi connectivity index (χ3n) is 4.65. The highest BCUT2D eigenvalue weighted by Gasteiger charge is 2.26. The molecule has 1 aliphatic carbocycles. The summed E-state index contributed by atoms with van der Waals surface area (Å²) in [7, 11) is 4.30. The SMILES string of the molecule is CN(C)C1CCCN(CC(=O)C2CCCCC2)C1. The maximum absolute atomic E-state index is 12.3. The van der Waals surface area contributed by atoms with Crippen molar-refractivity contribution in [3.8, 4) is 0 Å². The molecule has 0 amide bonds. The number of hydrogen-bond donors (Lipinski definition) is 0. The van der Waals surface area contributed by atoms with Crippen LogP contribution in [0.4, 0.5) is 0 Å². The fourth-order valence-corrected chi connectivity index (χ4v) is 3.37. The number of likely N-dealkylation sites (N-methyl/N-ethyl adjacent to an activating group) is 1. The maximum Gasteiger partial charge on any atom is 0.149 e. The molecule has 0 aromatic heterocycles.